The maximum atomic E-state index is 11.5. The van der Waals surface area contributed by atoms with Gasteiger partial charge in [-0.15, -0.1) is 0 Å². The molecule has 2 N–H and O–H groups in total. The first-order chi connectivity index (χ1) is 11.2. The molecular formula is C18H27NO4. The van der Waals surface area contributed by atoms with E-state index >= 15 is 0 Å². The zero-order chi connectivity index (χ0) is 16.8. The van der Waals surface area contributed by atoms with E-state index in [4.69, 9.17) is 9.84 Å². The number of alkyl carbamates (subject to hydrolysis) is 1. The number of carboxylic acids is 1. The van der Waals surface area contributed by atoms with E-state index in [0.29, 0.717) is 13.2 Å². The van der Waals surface area contributed by atoms with Gasteiger partial charge in [-0.05, 0) is 18.4 Å². The van der Waals surface area contributed by atoms with E-state index in [2.05, 4.69) is 5.32 Å². The van der Waals surface area contributed by atoms with Gasteiger partial charge in [0.05, 0.1) is 0 Å². The van der Waals surface area contributed by atoms with Crippen LogP contribution in [-0.4, -0.2) is 23.7 Å². The molecule has 1 aromatic rings. The average Bonchev–Trinajstić information content (AvgIpc) is 2.55. The van der Waals surface area contributed by atoms with Gasteiger partial charge < -0.3 is 15.2 Å². The third kappa shape index (κ3) is 11.2. The number of rotatable bonds is 12. The Kier molecular flexibility index (Phi) is 10.3. The van der Waals surface area contributed by atoms with Gasteiger partial charge in [-0.3, -0.25) is 4.79 Å². The van der Waals surface area contributed by atoms with Gasteiger partial charge in [0.15, 0.2) is 0 Å². The highest BCUT2D eigenvalue weighted by molar-refractivity contribution is 5.67. The van der Waals surface area contributed by atoms with Gasteiger partial charge >= 0.3 is 12.1 Å². The molecular weight excluding hydrogens is 294 g/mol. The first-order valence-electron chi connectivity index (χ1n) is 8.35. The second-order valence-corrected chi connectivity index (χ2v) is 5.61. The van der Waals surface area contributed by atoms with Crippen molar-refractivity contribution in [3.63, 3.8) is 0 Å². The van der Waals surface area contributed by atoms with E-state index in [9.17, 15) is 9.59 Å². The molecule has 0 bridgehead atoms. The Morgan fingerprint density at radius 3 is 2.17 bits per heavy atom. The minimum absolute atomic E-state index is 0.273. The number of amides is 1. The lowest BCUT2D eigenvalue weighted by molar-refractivity contribution is -0.137. The molecule has 1 rings (SSSR count). The second kappa shape index (κ2) is 12.5. The Morgan fingerprint density at radius 2 is 1.52 bits per heavy atom. The van der Waals surface area contributed by atoms with Gasteiger partial charge in [0.1, 0.15) is 6.61 Å². The summed E-state index contributed by atoms with van der Waals surface area (Å²) >= 11 is 0. The molecule has 128 valence electrons. The standard InChI is InChI=1S/C18H27NO4/c20-17(21)13-9-4-2-1-3-5-10-14-19-18(22)23-15-16-11-7-6-8-12-16/h6-8,11-12H,1-5,9-10,13-15H2,(H,19,22)(H,20,21). The number of aliphatic carboxylic acids is 1. The topological polar surface area (TPSA) is 75.6 Å². The number of hydrogen-bond donors (Lipinski definition) is 2. The number of carbonyl (C=O) groups excluding carboxylic acids is 1. The van der Waals surface area contributed by atoms with Crippen LogP contribution in [0.5, 0.6) is 0 Å². The van der Waals surface area contributed by atoms with Crippen LogP contribution in [0, 0.1) is 0 Å². The molecule has 1 amide bonds. The summed E-state index contributed by atoms with van der Waals surface area (Å²) in [6.07, 6.45) is 6.98. The van der Waals surface area contributed by atoms with Crippen LogP contribution in [0.4, 0.5) is 4.79 Å². The van der Waals surface area contributed by atoms with Gasteiger partial charge in [-0.25, -0.2) is 4.79 Å². The van der Waals surface area contributed by atoms with Crippen LogP contribution in [0.25, 0.3) is 0 Å². The van der Waals surface area contributed by atoms with Crippen LogP contribution < -0.4 is 5.32 Å². The quantitative estimate of drug-likeness (QED) is 0.568. The normalized spacial score (nSPS) is 10.3. The molecule has 0 spiro atoms. The maximum absolute atomic E-state index is 11.5. The first kappa shape index (κ1) is 19.0. The Hall–Kier alpha value is -2.04. The first-order valence-corrected chi connectivity index (χ1v) is 8.35. The predicted octanol–water partition coefficient (Wildman–Crippen LogP) is 4.12. The summed E-state index contributed by atoms with van der Waals surface area (Å²) in [5.41, 5.74) is 0.977. The summed E-state index contributed by atoms with van der Waals surface area (Å²) < 4.78 is 5.12. The molecule has 0 saturated heterocycles. The second-order valence-electron chi connectivity index (χ2n) is 5.61. The highest BCUT2D eigenvalue weighted by Crippen LogP contribution is 2.08. The average molecular weight is 321 g/mol. The molecule has 5 nitrogen and oxygen atoms in total. The van der Waals surface area contributed by atoms with E-state index in [0.717, 1.165) is 50.5 Å². The molecule has 0 saturated carbocycles. The third-order valence-electron chi connectivity index (χ3n) is 3.55. The van der Waals surface area contributed by atoms with Crippen molar-refractivity contribution in [3.05, 3.63) is 35.9 Å². The zero-order valence-corrected chi connectivity index (χ0v) is 13.6. The largest absolute Gasteiger partial charge is 0.481 e. The Labute approximate surface area is 138 Å². The number of benzene rings is 1. The van der Waals surface area contributed by atoms with Crippen LogP contribution in [0.2, 0.25) is 0 Å². The molecule has 0 aliphatic rings. The highest BCUT2D eigenvalue weighted by Gasteiger charge is 2.01. The fourth-order valence-corrected chi connectivity index (χ4v) is 2.25. The van der Waals surface area contributed by atoms with E-state index < -0.39 is 5.97 Å². The van der Waals surface area contributed by atoms with Crippen LogP contribution in [0.15, 0.2) is 30.3 Å². The Morgan fingerprint density at radius 1 is 0.913 bits per heavy atom. The van der Waals surface area contributed by atoms with Crippen molar-refractivity contribution in [1.82, 2.24) is 5.32 Å². The number of carbonyl (C=O) groups is 2. The smallest absolute Gasteiger partial charge is 0.407 e. The van der Waals surface area contributed by atoms with Crippen molar-refractivity contribution >= 4 is 12.1 Å². The lowest BCUT2D eigenvalue weighted by Gasteiger charge is -2.07. The minimum Gasteiger partial charge on any atom is -0.481 e. The molecule has 0 heterocycles. The minimum atomic E-state index is -0.713. The Balaban J connectivity index is 1.87. The summed E-state index contributed by atoms with van der Waals surface area (Å²) in [4.78, 5) is 21.8. The van der Waals surface area contributed by atoms with Gasteiger partial charge in [0.2, 0.25) is 0 Å². The van der Waals surface area contributed by atoms with Gasteiger partial charge in [0.25, 0.3) is 0 Å². The van der Waals surface area contributed by atoms with Crippen molar-refractivity contribution in [2.45, 2.75) is 58.0 Å². The lowest BCUT2D eigenvalue weighted by atomic mass is 10.1. The molecule has 23 heavy (non-hydrogen) atoms. The third-order valence-corrected chi connectivity index (χ3v) is 3.55. The van der Waals surface area contributed by atoms with Crippen LogP contribution in [0.3, 0.4) is 0 Å². The van der Waals surface area contributed by atoms with Crippen molar-refractivity contribution < 1.29 is 19.4 Å². The molecule has 1 aromatic carbocycles. The molecule has 0 unspecified atom stereocenters. The number of carboxylic acid groups (broad SMARTS) is 1. The highest BCUT2D eigenvalue weighted by atomic mass is 16.5. The molecule has 0 radical (unpaired) electrons. The van der Waals surface area contributed by atoms with E-state index in [1.165, 1.54) is 0 Å². The monoisotopic (exact) mass is 321 g/mol. The predicted molar refractivity (Wildman–Crippen MR) is 89.2 cm³/mol. The summed E-state index contributed by atoms with van der Waals surface area (Å²) in [5, 5.41) is 11.3. The summed E-state index contributed by atoms with van der Waals surface area (Å²) in [6, 6.07) is 9.60. The number of nitrogens with one attached hydrogen (secondary N) is 1. The molecule has 0 fully saturated rings. The summed E-state index contributed by atoms with van der Waals surface area (Å²) in [6.45, 7) is 0.926. The molecule has 0 aliphatic heterocycles. The van der Waals surface area contributed by atoms with Gasteiger partial charge in [0, 0.05) is 13.0 Å². The maximum Gasteiger partial charge on any atom is 0.407 e. The van der Waals surface area contributed by atoms with Crippen molar-refractivity contribution in [2.24, 2.45) is 0 Å². The number of unbranched alkanes of at least 4 members (excludes halogenated alkanes) is 6. The van der Waals surface area contributed by atoms with Gasteiger partial charge in [-0.2, -0.15) is 0 Å². The van der Waals surface area contributed by atoms with Crippen molar-refractivity contribution in [2.75, 3.05) is 6.54 Å². The fourth-order valence-electron chi connectivity index (χ4n) is 2.25. The summed E-state index contributed by atoms with van der Waals surface area (Å²) in [7, 11) is 0. The molecule has 0 atom stereocenters. The number of ether oxygens (including phenoxy) is 1. The number of hydrogen-bond acceptors (Lipinski definition) is 3. The van der Waals surface area contributed by atoms with Crippen molar-refractivity contribution in [1.29, 1.82) is 0 Å². The van der Waals surface area contributed by atoms with Crippen LogP contribution >= 0.6 is 0 Å². The van der Waals surface area contributed by atoms with Crippen molar-refractivity contribution in [3.8, 4) is 0 Å². The fraction of sp³-hybridized carbons (Fsp3) is 0.556. The van der Waals surface area contributed by atoms with Crippen LogP contribution in [0.1, 0.15) is 56.9 Å². The van der Waals surface area contributed by atoms with Gasteiger partial charge in [-0.1, -0.05) is 62.4 Å². The molecule has 0 aliphatic carbocycles. The summed E-state index contributed by atoms with van der Waals surface area (Å²) in [5.74, 6) is -0.713. The SMILES string of the molecule is O=C(O)CCCCCCCCCNC(=O)OCc1ccccc1. The lowest BCUT2D eigenvalue weighted by Crippen LogP contribution is -2.25. The van der Waals surface area contributed by atoms with E-state index in [1.807, 2.05) is 30.3 Å². The van der Waals surface area contributed by atoms with E-state index in [-0.39, 0.29) is 12.5 Å². The molecule has 5 heteroatoms. The Bertz CT molecular complexity index is 448. The molecule has 0 aromatic heterocycles. The zero-order valence-electron chi connectivity index (χ0n) is 13.6. The van der Waals surface area contributed by atoms with Crippen LogP contribution in [-0.2, 0) is 16.1 Å². The van der Waals surface area contributed by atoms with E-state index in [1.54, 1.807) is 0 Å².